The molecule has 26 heavy (non-hydrogen) atoms. The fourth-order valence-electron chi connectivity index (χ4n) is 4.21. The van der Waals surface area contributed by atoms with Crippen LogP contribution in [0.5, 0.6) is 5.75 Å². The summed E-state index contributed by atoms with van der Waals surface area (Å²) < 4.78 is 34.4. The first-order valence-corrected chi connectivity index (χ1v) is 10.8. The number of rotatable bonds is 11. The number of benzene rings is 1. The van der Waals surface area contributed by atoms with E-state index >= 15 is 0 Å². The van der Waals surface area contributed by atoms with Crippen LogP contribution in [0, 0.1) is 17.6 Å². The van der Waals surface area contributed by atoms with Gasteiger partial charge in [-0.15, -0.1) is 0 Å². The first kappa shape index (κ1) is 21.2. The summed E-state index contributed by atoms with van der Waals surface area (Å²) in [6.07, 6.45) is 13.6. The molecule has 0 unspecified atom stereocenters. The molecular formula is C23H36F2O. The molecule has 1 saturated carbocycles. The summed E-state index contributed by atoms with van der Waals surface area (Å²) >= 11 is 0. The Bertz CT molecular complexity index is 521. The normalized spacial score (nSPS) is 20.3. The van der Waals surface area contributed by atoms with Gasteiger partial charge in [-0.25, -0.2) is 4.39 Å². The fraction of sp³-hybridized carbons (Fsp3) is 0.739. The molecule has 0 spiro atoms. The summed E-state index contributed by atoms with van der Waals surface area (Å²) in [7, 11) is 0. The summed E-state index contributed by atoms with van der Waals surface area (Å²) in [5, 5.41) is 0. The van der Waals surface area contributed by atoms with E-state index in [2.05, 4.69) is 13.8 Å². The molecule has 2 rings (SSSR count). The predicted molar refractivity (Wildman–Crippen MR) is 105 cm³/mol. The van der Waals surface area contributed by atoms with Gasteiger partial charge in [-0.2, -0.15) is 4.39 Å². The van der Waals surface area contributed by atoms with E-state index in [9.17, 15) is 8.78 Å². The minimum Gasteiger partial charge on any atom is -0.490 e. The van der Waals surface area contributed by atoms with Crippen molar-refractivity contribution in [2.45, 2.75) is 96.8 Å². The van der Waals surface area contributed by atoms with Crippen LogP contribution in [0.25, 0.3) is 0 Å². The van der Waals surface area contributed by atoms with Gasteiger partial charge >= 0.3 is 0 Å². The van der Waals surface area contributed by atoms with Crippen molar-refractivity contribution >= 4 is 0 Å². The molecule has 148 valence electrons. The van der Waals surface area contributed by atoms with E-state index in [0.717, 1.165) is 44.4 Å². The third kappa shape index (κ3) is 6.25. The Morgan fingerprint density at radius 2 is 1.54 bits per heavy atom. The number of ether oxygens (including phenoxy) is 1. The van der Waals surface area contributed by atoms with E-state index in [-0.39, 0.29) is 11.7 Å². The molecule has 1 aliphatic rings. The van der Waals surface area contributed by atoms with Crippen LogP contribution in [0.1, 0.15) is 102 Å². The van der Waals surface area contributed by atoms with E-state index in [1.165, 1.54) is 38.5 Å². The van der Waals surface area contributed by atoms with Crippen molar-refractivity contribution in [1.82, 2.24) is 0 Å². The lowest BCUT2D eigenvalue weighted by atomic mass is 9.77. The van der Waals surface area contributed by atoms with Crippen molar-refractivity contribution in [1.29, 1.82) is 0 Å². The molecule has 0 bridgehead atoms. The molecule has 0 amide bonds. The van der Waals surface area contributed by atoms with Gasteiger partial charge in [-0.05, 0) is 55.6 Å². The van der Waals surface area contributed by atoms with Gasteiger partial charge in [-0.1, -0.05) is 64.9 Å². The topological polar surface area (TPSA) is 9.23 Å². The van der Waals surface area contributed by atoms with Crippen molar-refractivity contribution < 1.29 is 13.5 Å². The zero-order valence-electron chi connectivity index (χ0n) is 16.7. The highest BCUT2D eigenvalue weighted by Gasteiger charge is 2.26. The number of halogens is 2. The highest BCUT2D eigenvalue weighted by atomic mass is 19.2. The zero-order valence-corrected chi connectivity index (χ0v) is 16.7. The third-order valence-electron chi connectivity index (χ3n) is 5.82. The number of unbranched alkanes of at least 4 members (excludes halogenated alkanes) is 5. The van der Waals surface area contributed by atoms with Crippen LogP contribution in [0.4, 0.5) is 8.78 Å². The minimum atomic E-state index is -0.802. The maximum atomic E-state index is 14.6. The first-order valence-electron chi connectivity index (χ1n) is 10.8. The summed E-state index contributed by atoms with van der Waals surface area (Å²) in [6, 6.07) is 3.38. The third-order valence-corrected chi connectivity index (χ3v) is 5.82. The smallest absolute Gasteiger partial charge is 0.200 e. The van der Waals surface area contributed by atoms with E-state index in [0.29, 0.717) is 12.2 Å². The summed E-state index contributed by atoms with van der Waals surface area (Å²) in [6.45, 7) is 4.87. The van der Waals surface area contributed by atoms with Crippen LogP contribution in [-0.2, 0) is 0 Å². The van der Waals surface area contributed by atoms with Gasteiger partial charge in [0.15, 0.2) is 11.6 Å². The lowest BCUT2D eigenvalue weighted by molar-refractivity contribution is 0.280. The lowest BCUT2D eigenvalue weighted by Crippen LogP contribution is -2.15. The van der Waals surface area contributed by atoms with Gasteiger partial charge in [0.05, 0.1) is 6.61 Å². The summed E-state index contributed by atoms with van der Waals surface area (Å²) in [4.78, 5) is 0. The van der Waals surface area contributed by atoms with Crippen molar-refractivity contribution in [2.24, 2.45) is 5.92 Å². The van der Waals surface area contributed by atoms with E-state index in [1.807, 2.05) is 0 Å². The Morgan fingerprint density at radius 1 is 0.846 bits per heavy atom. The van der Waals surface area contributed by atoms with Crippen molar-refractivity contribution in [3.05, 3.63) is 29.3 Å². The van der Waals surface area contributed by atoms with Gasteiger partial charge in [-0.3, -0.25) is 0 Å². The van der Waals surface area contributed by atoms with Gasteiger partial charge in [0.25, 0.3) is 0 Å². The second-order valence-electron chi connectivity index (χ2n) is 7.90. The van der Waals surface area contributed by atoms with Gasteiger partial charge in [0.1, 0.15) is 0 Å². The Hall–Kier alpha value is -1.12. The first-order chi connectivity index (χ1) is 12.7. The van der Waals surface area contributed by atoms with Crippen LogP contribution in [0.2, 0.25) is 0 Å². The molecule has 1 aromatic rings. The van der Waals surface area contributed by atoms with Crippen LogP contribution >= 0.6 is 0 Å². The van der Waals surface area contributed by atoms with Crippen molar-refractivity contribution in [3.8, 4) is 5.75 Å². The lowest BCUT2D eigenvalue weighted by Gasteiger charge is -2.29. The molecule has 0 aliphatic heterocycles. The quantitative estimate of drug-likeness (QED) is 0.363. The SMILES string of the molecule is CCCCCCCCOc1ccc([C@H]2CC[C@H](CCC)CC2)c(F)c1F. The van der Waals surface area contributed by atoms with Gasteiger partial charge < -0.3 is 4.74 Å². The second kappa shape index (κ2) is 11.6. The average Bonchev–Trinajstić information content (AvgIpc) is 2.65. The Kier molecular flexibility index (Phi) is 9.42. The zero-order chi connectivity index (χ0) is 18.8. The summed E-state index contributed by atoms with van der Waals surface area (Å²) in [5.74, 6) is -0.498. The van der Waals surface area contributed by atoms with Crippen LogP contribution in [0.3, 0.4) is 0 Å². The minimum absolute atomic E-state index is 0.0690. The molecule has 0 aromatic heterocycles. The van der Waals surface area contributed by atoms with Gasteiger partial charge in [0, 0.05) is 0 Å². The molecule has 1 nitrogen and oxygen atoms in total. The molecule has 0 N–H and O–H groups in total. The van der Waals surface area contributed by atoms with E-state index in [1.54, 1.807) is 12.1 Å². The number of hydrogen-bond acceptors (Lipinski definition) is 1. The summed E-state index contributed by atoms with van der Waals surface area (Å²) in [5.41, 5.74) is 0.546. The van der Waals surface area contributed by atoms with E-state index in [4.69, 9.17) is 4.74 Å². The molecule has 3 heteroatoms. The maximum Gasteiger partial charge on any atom is 0.200 e. The van der Waals surface area contributed by atoms with Crippen LogP contribution in [-0.4, -0.2) is 6.61 Å². The molecule has 0 atom stereocenters. The largest absolute Gasteiger partial charge is 0.490 e. The molecule has 0 heterocycles. The van der Waals surface area contributed by atoms with Gasteiger partial charge in [0.2, 0.25) is 5.82 Å². The Labute approximate surface area is 158 Å². The number of hydrogen-bond donors (Lipinski definition) is 0. The fourth-order valence-corrected chi connectivity index (χ4v) is 4.21. The highest BCUT2D eigenvalue weighted by Crippen LogP contribution is 2.39. The van der Waals surface area contributed by atoms with Crippen molar-refractivity contribution in [2.75, 3.05) is 6.61 Å². The average molecular weight is 367 g/mol. The van der Waals surface area contributed by atoms with Crippen LogP contribution in [0.15, 0.2) is 12.1 Å². The standard InChI is InChI=1S/C23H36F2O/c1-3-5-6-7-8-9-17-26-21-16-15-20(22(24)23(21)25)19-13-11-18(10-4-2)12-14-19/h15-16,18-19H,3-14,17H2,1-2H3/t18-,19-. The van der Waals surface area contributed by atoms with Crippen LogP contribution < -0.4 is 4.74 Å². The molecule has 1 aliphatic carbocycles. The van der Waals surface area contributed by atoms with E-state index < -0.39 is 11.6 Å². The molecule has 0 saturated heterocycles. The molecular weight excluding hydrogens is 330 g/mol. The van der Waals surface area contributed by atoms with Crippen molar-refractivity contribution in [3.63, 3.8) is 0 Å². The highest BCUT2D eigenvalue weighted by molar-refractivity contribution is 5.33. The second-order valence-corrected chi connectivity index (χ2v) is 7.90. The predicted octanol–water partition coefficient (Wildman–Crippen LogP) is 7.78. The monoisotopic (exact) mass is 366 g/mol. The molecule has 0 radical (unpaired) electrons. The molecule has 1 fully saturated rings. The maximum absolute atomic E-state index is 14.6. The Balaban J connectivity index is 1.82. The molecule has 1 aromatic carbocycles. The Morgan fingerprint density at radius 3 is 2.23 bits per heavy atom.